The van der Waals surface area contributed by atoms with Crippen molar-refractivity contribution >= 4 is 0 Å². The summed E-state index contributed by atoms with van der Waals surface area (Å²) >= 11 is 0. The molecular weight excluding hydrogens is 278 g/mol. The molecule has 0 unspecified atom stereocenters. The van der Waals surface area contributed by atoms with Gasteiger partial charge in [0.15, 0.2) is 0 Å². The van der Waals surface area contributed by atoms with Crippen molar-refractivity contribution in [1.29, 1.82) is 0 Å². The quantitative estimate of drug-likeness (QED) is 0.606. The molecule has 0 aliphatic heterocycles. The van der Waals surface area contributed by atoms with Crippen LogP contribution in [0.15, 0.2) is 85.6 Å². The summed E-state index contributed by atoms with van der Waals surface area (Å²) in [6, 6.07) is 23.7. The van der Waals surface area contributed by atoms with Crippen molar-refractivity contribution < 1.29 is 0 Å². The maximum absolute atomic E-state index is 4.58. The lowest BCUT2D eigenvalue weighted by atomic mass is 9.72. The standard InChI is InChI=1S/C22H19N/c1-2-14-22(16-17-9-7-8-15-23-17)20-12-5-3-10-18(20)19-11-4-6-13-21(19)22/h2-13,15H,1,14,16H2. The third-order valence-corrected chi connectivity index (χ3v) is 4.88. The van der Waals surface area contributed by atoms with E-state index in [4.69, 9.17) is 0 Å². The zero-order valence-electron chi connectivity index (χ0n) is 13.1. The lowest BCUT2D eigenvalue weighted by Crippen LogP contribution is -2.28. The molecule has 0 amide bonds. The predicted molar refractivity (Wildman–Crippen MR) is 95.4 cm³/mol. The molecule has 0 saturated carbocycles. The monoisotopic (exact) mass is 297 g/mol. The summed E-state index contributed by atoms with van der Waals surface area (Å²) in [5, 5.41) is 0. The summed E-state index contributed by atoms with van der Waals surface area (Å²) in [6.45, 7) is 4.04. The smallest absolute Gasteiger partial charge is 0.0415 e. The SMILES string of the molecule is C=CCC1(Cc2ccccn2)c2ccccc2-c2ccccc21. The highest BCUT2D eigenvalue weighted by Gasteiger charge is 2.42. The second-order valence-corrected chi connectivity index (χ2v) is 6.16. The predicted octanol–water partition coefficient (Wildman–Crippen LogP) is 5.17. The maximum Gasteiger partial charge on any atom is 0.0415 e. The average molecular weight is 297 g/mol. The molecule has 0 radical (unpaired) electrons. The summed E-state index contributed by atoms with van der Waals surface area (Å²) in [5.74, 6) is 0. The van der Waals surface area contributed by atoms with E-state index < -0.39 is 0 Å². The highest BCUT2D eigenvalue weighted by atomic mass is 14.7. The third-order valence-electron chi connectivity index (χ3n) is 4.88. The van der Waals surface area contributed by atoms with Crippen LogP contribution in [0.1, 0.15) is 23.2 Å². The van der Waals surface area contributed by atoms with Gasteiger partial charge < -0.3 is 0 Å². The van der Waals surface area contributed by atoms with Gasteiger partial charge in [-0.05, 0) is 40.8 Å². The van der Waals surface area contributed by atoms with Crippen molar-refractivity contribution in [1.82, 2.24) is 4.98 Å². The van der Waals surface area contributed by atoms with Crippen LogP contribution in [-0.4, -0.2) is 4.98 Å². The molecule has 0 saturated heterocycles. The average Bonchev–Trinajstić information content (AvgIpc) is 2.88. The van der Waals surface area contributed by atoms with Gasteiger partial charge in [-0.2, -0.15) is 0 Å². The Hall–Kier alpha value is -2.67. The van der Waals surface area contributed by atoms with Crippen LogP contribution >= 0.6 is 0 Å². The molecule has 0 bridgehead atoms. The zero-order valence-corrected chi connectivity index (χ0v) is 13.1. The molecule has 1 nitrogen and oxygen atoms in total. The zero-order chi connectivity index (χ0) is 15.7. The molecule has 3 aromatic rings. The first-order chi connectivity index (χ1) is 11.3. The number of nitrogens with zero attached hydrogens (tertiary/aromatic N) is 1. The lowest BCUT2D eigenvalue weighted by Gasteiger charge is -2.31. The van der Waals surface area contributed by atoms with Crippen molar-refractivity contribution in [3.05, 3.63) is 102 Å². The molecule has 1 aromatic heterocycles. The second-order valence-electron chi connectivity index (χ2n) is 6.16. The Labute approximate surface area is 137 Å². The van der Waals surface area contributed by atoms with Crippen molar-refractivity contribution in [3.63, 3.8) is 0 Å². The Morgan fingerprint density at radius 3 is 2.00 bits per heavy atom. The Kier molecular flexibility index (Phi) is 3.34. The number of allylic oxidation sites excluding steroid dienone is 1. The Morgan fingerprint density at radius 2 is 1.43 bits per heavy atom. The summed E-state index contributed by atoms with van der Waals surface area (Å²) in [7, 11) is 0. The van der Waals surface area contributed by atoms with Crippen LogP contribution in [0.25, 0.3) is 11.1 Å². The normalized spacial score (nSPS) is 14.1. The van der Waals surface area contributed by atoms with Gasteiger partial charge in [0.25, 0.3) is 0 Å². The molecule has 0 spiro atoms. The second kappa shape index (κ2) is 5.51. The van der Waals surface area contributed by atoms with Crippen molar-refractivity contribution in [3.8, 4) is 11.1 Å². The minimum absolute atomic E-state index is 0.0662. The summed E-state index contributed by atoms with van der Waals surface area (Å²) in [6.07, 6.45) is 5.73. The van der Waals surface area contributed by atoms with E-state index in [1.807, 2.05) is 18.3 Å². The van der Waals surface area contributed by atoms with Crippen LogP contribution in [-0.2, 0) is 11.8 Å². The van der Waals surface area contributed by atoms with Gasteiger partial charge in [-0.15, -0.1) is 6.58 Å². The first-order valence-corrected chi connectivity index (χ1v) is 8.05. The van der Waals surface area contributed by atoms with E-state index in [-0.39, 0.29) is 5.41 Å². The van der Waals surface area contributed by atoms with Crippen molar-refractivity contribution in [2.45, 2.75) is 18.3 Å². The van der Waals surface area contributed by atoms with Crippen molar-refractivity contribution in [2.75, 3.05) is 0 Å². The number of pyridine rings is 1. The molecule has 2 aromatic carbocycles. The Morgan fingerprint density at radius 1 is 0.826 bits per heavy atom. The Bertz CT molecular complexity index is 803. The number of hydrogen-bond acceptors (Lipinski definition) is 1. The lowest BCUT2D eigenvalue weighted by molar-refractivity contribution is 0.524. The van der Waals surface area contributed by atoms with E-state index in [1.54, 1.807) is 0 Å². The minimum Gasteiger partial charge on any atom is -0.261 e. The van der Waals surface area contributed by atoms with Gasteiger partial charge >= 0.3 is 0 Å². The van der Waals surface area contributed by atoms with E-state index in [1.165, 1.54) is 22.3 Å². The van der Waals surface area contributed by atoms with Crippen LogP contribution in [0.4, 0.5) is 0 Å². The molecule has 1 heteroatoms. The van der Waals surface area contributed by atoms with Crippen LogP contribution in [0.3, 0.4) is 0 Å². The van der Waals surface area contributed by atoms with E-state index in [0.717, 1.165) is 18.5 Å². The first kappa shape index (κ1) is 14.0. The first-order valence-electron chi connectivity index (χ1n) is 8.05. The molecule has 0 fully saturated rings. The van der Waals surface area contributed by atoms with Gasteiger partial charge in [-0.25, -0.2) is 0 Å². The molecule has 23 heavy (non-hydrogen) atoms. The van der Waals surface area contributed by atoms with E-state index in [9.17, 15) is 0 Å². The molecule has 4 rings (SSSR count). The summed E-state index contributed by atoms with van der Waals surface area (Å²) < 4.78 is 0. The molecule has 1 heterocycles. The van der Waals surface area contributed by atoms with E-state index >= 15 is 0 Å². The van der Waals surface area contributed by atoms with Gasteiger partial charge in [0.05, 0.1) is 0 Å². The maximum atomic E-state index is 4.58. The van der Waals surface area contributed by atoms with Gasteiger partial charge in [-0.1, -0.05) is 60.7 Å². The molecule has 0 atom stereocenters. The summed E-state index contributed by atoms with van der Waals surface area (Å²) in [4.78, 5) is 4.58. The van der Waals surface area contributed by atoms with Gasteiger partial charge in [0, 0.05) is 23.7 Å². The fourth-order valence-corrected chi connectivity index (χ4v) is 3.96. The molecule has 0 N–H and O–H groups in total. The van der Waals surface area contributed by atoms with Crippen LogP contribution < -0.4 is 0 Å². The third kappa shape index (κ3) is 2.12. The Balaban J connectivity index is 1.96. The van der Waals surface area contributed by atoms with Crippen LogP contribution in [0, 0.1) is 0 Å². The fourth-order valence-electron chi connectivity index (χ4n) is 3.96. The number of benzene rings is 2. The largest absolute Gasteiger partial charge is 0.261 e. The number of aromatic nitrogens is 1. The minimum atomic E-state index is -0.0662. The number of fused-ring (bicyclic) bond motifs is 3. The van der Waals surface area contributed by atoms with Crippen molar-refractivity contribution in [2.24, 2.45) is 0 Å². The van der Waals surface area contributed by atoms with Gasteiger partial charge in [-0.3, -0.25) is 4.98 Å². The van der Waals surface area contributed by atoms with E-state index in [0.29, 0.717) is 0 Å². The van der Waals surface area contributed by atoms with Crippen LogP contribution in [0.5, 0.6) is 0 Å². The van der Waals surface area contributed by atoms with E-state index in [2.05, 4.69) is 72.2 Å². The number of hydrogen-bond donors (Lipinski definition) is 0. The highest BCUT2D eigenvalue weighted by molar-refractivity contribution is 5.81. The van der Waals surface area contributed by atoms with Gasteiger partial charge in [0.1, 0.15) is 0 Å². The highest BCUT2D eigenvalue weighted by Crippen LogP contribution is 2.52. The topological polar surface area (TPSA) is 12.9 Å². The van der Waals surface area contributed by atoms with Gasteiger partial charge in [0.2, 0.25) is 0 Å². The van der Waals surface area contributed by atoms with Crippen LogP contribution in [0.2, 0.25) is 0 Å². The molecule has 1 aliphatic carbocycles. The number of rotatable bonds is 4. The summed E-state index contributed by atoms with van der Waals surface area (Å²) in [5.41, 5.74) is 6.55. The molecule has 112 valence electrons. The molecule has 1 aliphatic rings. The fraction of sp³-hybridized carbons (Fsp3) is 0.136. The molecular formula is C22H19N.